The Morgan fingerprint density at radius 3 is 2.74 bits per heavy atom. The zero-order chi connectivity index (χ0) is 13.2. The Kier molecular flexibility index (Phi) is 3.94. The Bertz CT molecular complexity index is 405. The van der Waals surface area contributed by atoms with Crippen molar-refractivity contribution in [3.63, 3.8) is 0 Å². The van der Waals surface area contributed by atoms with E-state index in [1.807, 2.05) is 6.26 Å². The van der Waals surface area contributed by atoms with Gasteiger partial charge >= 0.3 is 0 Å². The van der Waals surface area contributed by atoms with Gasteiger partial charge in [0, 0.05) is 30.7 Å². The molecule has 0 spiro atoms. The topological polar surface area (TPSA) is 28.4 Å². The van der Waals surface area contributed by atoms with Crippen molar-refractivity contribution in [1.29, 1.82) is 0 Å². The van der Waals surface area contributed by atoms with Crippen molar-refractivity contribution < 1.29 is 4.42 Å². The normalized spacial score (nSPS) is 19.6. The Morgan fingerprint density at radius 2 is 2.11 bits per heavy atom. The van der Waals surface area contributed by atoms with E-state index in [-0.39, 0.29) is 0 Å². The summed E-state index contributed by atoms with van der Waals surface area (Å²) < 4.78 is 5.65. The van der Waals surface area contributed by atoms with Gasteiger partial charge in [-0.05, 0) is 51.5 Å². The quantitative estimate of drug-likeness (QED) is 0.780. The van der Waals surface area contributed by atoms with Crippen LogP contribution in [0.5, 0.6) is 0 Å². The maximum atomic E-state index is 5.65. The van der Waals surface area contributed by atoms with Gasteiger partial charge in [-0.1, -0.05) is 0 Å². The lowest BCUT2D eigenvalue weighted by atomic mass is 10.2. The van der Waals surface area contributed by atoms with Gasteiger partial charge in [-0.25, -0.2) is 0 Å². The van der Waals surface area contributed by atoms with Crippen molar-refractivity contribution in [2.24, 2.45) is 5.92 Å². The zero-order valence-corrected chi connectivity index (χ0v) is 12.2. The van der Waals surface area contributed by atoms with Crippen molar-refractivity contribution >= 4 is 0 Å². The first-order chi connectivity index (χ1) is 9.22. The van der Waals surface area contributed by atoms with Crippen LogP contribution in [0.3, 0.4) is 0 Å². The van der Waals surface area contributed by atoms with Gasteiger partial charge in [0.1, 0.15) is 5.76 Å². The predicted octanol–water partition coefficient (Wildman–Crippen LogP) is 3.15. The van der Waals surface area contributed by atoms with Gasteiger partial charge in [0.05, 0.1) is 12.8 Å². The van der Waals surface area contributed by atoms with E-state index in [0.29, 0.717) is 6.04 Å². The Labute approximate surface area is 116 Å². The van der Waals surface area contributed by atoms with Crippen LogP contribution in [0.1, 0.15) is 50.9 Å². The van der Waals surface area contributed by atoms with Crippen molar-refractivity contribution in [3.05, 3.63) is 23.7 Å². The maximum Gasteiger partial charge on any atom is 0.122 e. The van der Waals surface area contributed by atoms with Gasteiger partial charge in [-0.15, -0.1) is 0 Å². The van der Waals surface area contributed by atoms with Gasteiger partial charge in [0.2, 0.25) is 0 Å². The summed E-state index contributed by atoms with van der Waals surface area (Å²) in [6.07, 6.45) is 7.34. The fraction of sp³-hybridized carbons (Fsp3) is 0.750. The number of nitrogens with one attached hydrogen (secondary N) is 1. The van der Waals surface area contributed by atoms with Crippen LogP contribution in [0.15, 0.2) is 16.7 Å². The molecule has 0 atom stereocenters. The second kappa shape index (κ2) is 5.68. The molecular formula is C16H26N2O. The molecule has 0 amide bonds. The summed E-state index contributed by atoms with van der Waals surface area (Å²) >= 11 is 0. The van der Waals surface area contributed by atoms with Gasteiger partial charge < -0.3 is 9.73 Å². The molecule has 2 saturated carbocycles. The van der Waals surface area contributed by atoms with E-state index in [2.05, 4.69) is 30.1 Å². The van der Waals surface area contributed by atoms with Gasteiger partial charge in [0.25, 0.3) is 0 Å². The monoisotopic (exact) mass is 262 g/mol. The third-order valence-electron chi connectivity index (χ3n) is 4.26. The van der Waals surface area contributed by atoms with Crippen molar-refractivity contribution in [2.45, 2.75) is 64.7 Å². The van der Waals surface area contributed by atoms with Gasteiger partial charge in [-0.3, -0.25) is 4.90 Å². The minimum absolute atomic E-state index is 0.611. The molecule has 1 aromatic heterocycles. The standard InChI is InChI=1S/C16H26N2O/c1-12(2)18(10-13-3-4-13)11-14-7-8-19-16(14)9-17-15-5-6-15/h7-8,12-13,15,17H,3-6,9-11H2,1-2H3. The lowest BCUT2D eigenvalue weighted by Crippen LogP contribution is -2.32. The Balaban J connectivity index is 1.57. The third kappa shape index (κ3) is 3.83. The molecule has 106 valence electrons. The molecule has 0 aliphatic heterocycles. The molecule has 1 heterocycles. The Hall–Kier alpha value is -0.800. The van der Waals surface area contributed by atoms with E-state index < -0.39 is 0 Å². The Morgan fingerprint density at radius 1 is 1.32 bits per heavy atom. The maximum absolute atomic E-state index is 5.65. The molecule has 0 unspecified atom stereocenters. The zero-order valence-electron chi connectivity index (χ0n) is 12.2. The van der Waals surface area contributed by atoms with Crippen LogP contribution in [-0.2, 0) is 13.1 Å². The lowest BCUT2D eigenvalue weighted by molar-refractivity contribution is 0.202. The molecule has 3 nitrogen and oxygen atoms in total. The van der Waals surface area contributed by atoms with Crippen LogP contribution in [0.4, 0.5) is 0 Å². The highest BCUT2D eigenvalue weighted by Gasteiger charge is 2.26. The average molecular weight is 262 g/mol. The summed E-state index contributed by atoms with van der Waals surface area (Å²) in [4.78, 5) is 2.59. The van der Waals surface area contributed by atoms with Crippen molar-refractivity contribution in [1.82, 2.24) is 10.2 Å². The number of hydrogen-bond donors (Lipinski definition) is 1. The summed E-state index contributed by atoms with van der Waals surface area (Å²) in [6.45, 7) is 7.77. The highest BCUT2D eigenvalue weighted by Crippen LogP contribution is 2.31. The molecule has 0 saturated heterocycles. The van der Waals surface area contributed by atoms with Crippen LogP contribution >= 0.6 is 0 Å². The molecule has 3 heteroatoms. The van der Waals surface area contributed by atoms with E-state index in [1.54, 1.807) is 0 Å². The number of hydrogen-bond acceptors (Lipinski definition) is 3. The van der Waals surface area contributed by atoms with Crippen LogP contribution < -0.4 is 5.32 Å². The molecular weight excluding hydrogens is 236 g/mol. The fourth-order valence-electron chi connectivity index (χ4n) is 2.50. The first-order valence-corrected chi connectivity index (χ1v) is 7.75. The SMILES string of the molecule is CC(C)N(Cc1ccoc1CNC1CC1)CC1CC1. The van der Waals surface area contributed by atoms with E-state index in [1.165, 1.54) is 37.8 Å². The first kappa shape index (κ1) is 13.2. The van der Waals surface area contributed by atoms with Gasteiger partial charge in [0.15, 0.2) is 0 Å². The molecule has 3 rings (SSSR count). The van der Waals surface area contributed by atoms with Crippen molar-refractivity contribution in [2.75, 3.05) is 6.54 Å². The molecule has 0 aromatic carbocycles. The summed E-state index contributed by atoms with van der Waals surface area (Å²) in [5.41, 5.74) is 1.36. The minimum atomic E-state index is 0.611. The number of furan rings is 1. The lowest BCUT2D eigenvalue weighted by Gasteiger charge is -2.26. The smallest absolute Gasteiger partial charge is 0.122 e. The van der Waals surface area contributed by atoms with Crippen LogP contribution in [0.2, 0.25) is 0 Å². The van der Waals surface area contributed by atoms with Crippen LogP contribution in [0, 0.1) is 5.92 Å². The van der Waals surface area contributed by atoms with Crippen molar-refractivity contribution in [3.8, 4) is 0 Å². The third-order valence-corrected chi connectivity index (χ3v) is 4.26. The second-order valence-electron chi connectivity index (χ2n) is 6.49. The second-order valence-corrected chi connectivity index (χ2v) is 6.49. The predicted molar refractivity (Wildman–Crippen MR) is 76.8 cm³/mol. The van der Waals surface area contributed by atoms with Gasteiger partial charge in [-0.2, -0.15) is 0 Å². The summed E-state index contributed by atoms with van der Waals surface area (Å²) in [5.74, 6) is 2.08. The summed E-state index contributed by atoms with van der Waals surface area (Å²) in [6, 6.07) is 3.50. The number of nitrogens with zero attached hydrogens (tertiary/aromatic N) is 1. The minimum Gasteiger partial charge on any atom is -0.468 e. The van der Waals surface area contributed by atoms with E-state index in [0.717, 1.165) is 30.8 Å². The highest BCUT2D eigenvalue weighted by atomic mass is 16.3. The summed E-state index contributed by atoms with van der Waals surface area (Å²) in [7, 11) is 0. The van der Waals surface area contributed by atoms with Crippen LogP contribution in [0.25, 0.3) is 0 Å². The highest BCUT2D eigenvalue weighted by molar-refractivity contribution is 5.17. The van der Waals surface area contributed by atoms with E-state index >= 15 is 0 Å². The fourth-order valence-corrected chi connectivity index (χ4v) is 2.50. The molecule has 0 radical (unpaired) electrons. The van der Waals surface area contributed by atoms with E-state index in [4.69, 9.17) is 4.42 Å². The number of rotatable bonds is 8. The van der Waals surface area contributed by atoms with E-state index in [9.17, 15) is 0 Å². The molecule has 1 N–H and O–H groups in total. The first-order valence-electron chi connectivity index (χ1n) is 7.75. The largest absolute Gasteiger partial charge is 0.468 e. The summed E-state index contributed by atoms with van der Waals surface area (Å²) in [5, 5.41) is 3.54. The molecule has 19 heavy (non-hydrogen) atoms. The molecule has 1 aromatic rings. The van der Waals surface area contributed by atoms with Crippen LogP contribution in [-0.4, -0.2) is 23.5 Å². The molecule has 0 bridgehead atoms. The molecule has 2 aliphatic carbocycles. The average Bonchev–Trinajstić information content (AvgIpc) is 3.28. The molecule has 2 fully saturated rings. The molecule has 2 aliphatic rings.